The molecule has 0 aromatic carbocycles. The summed E-state index contributed by atoms with van der Waals surface area (Å²) in [6, 6.07) is 1.81. The molecule has 0 radical (unpaired) electrons. The predicted octanol–water partition coefficient (Wildman–Crippen LogP) is -0.655. The summed E-state index contributed by atoms with van der Waals surface area (Å²) in [4.78, 5) is 24.0. The molecule has 0 aliphatic carbocycles. The molecular formula is C11H17N5O. The van der Waals surface area contributed by atoms with Crippen molar-refractivity contribution >= 4 is 11.9 Å². The Morgan fingerprint density at radius 2 is 1.94 bits per heavy atom. The molecule has 0 spiro atoms. The van der Waals surface area contributed by atoms with Gasteiger partial charge in [0.15, 0.2) is 0 Å². The Bertz CT molecular complexity index is 361. The summed E-state index contributed by atoms with van der Waals surface area (Å²) < 4.78 is 0. The zero-order valence-corrected chi connectivity index (χ0v) is 9.96. The van der Waals surface area contributed by atoms with Crippen molar-refractivity contribution < 1.29 is 4.79 Å². The van der Waals surface area contributed by atoms with E-state index >= 15 is 0 Å². The minimum Gasteiger partial charge on any atom is -0.358 e. The van der Waals surface area contributed by atoms with Crippen LogP contribution in [0, 0.1) is 0 Å². The van der Waals surface area contributed by atoms with Crippen molar-refractivity contribution in [1.29, 1.82) is 0 Å². The fourth-order valence-corrected chi connectivity index (χ4v) is 1.84. The van der Waals surface area contributed by atoms with E-state index in [1.165, 1.54) is 0 Å². The average molecular weight is 235 g/mol. The van der Waals surface area contributed by atoms with Gasteiger partial charge in [0, 0.05) is 45.6 Å². The summed E-state index contributed by atoms with van der Waals surface area (Å²) >= 11 is 0. The Labute approximate surface area is 101 Å². The van der Waals surface area contributed by atoms with Gasteiger partial charge in [-0.2, -0.15) is 0 Å². The van der Waals surface area contributed by atoms with E-state index in [2.05, 4.69) is 25.1 Å². The maximum absolute atomic E-state index is 11.2. The lowest BCUT2D eigenvalue weighted by molar-refractivity contribution is -0.121. The SMILES string of the molecule is CNC(=O)CN1CCN(c2ncccn2)CC1. The first-order chi connectivity index (χ1) is 8.29. The van der Waals surface area contributed by atoms with Crippen LogP contribution < -0.4 is 10.2 Å². The molecule has 1 aliphatic rings. The molecule has 2 rings (SSSR count). The van der Waals surface area contributed by atoms with Gasteiger partial charge in [-0.15, -0.1) is 0 Å². The minimum atomic E-state index is 0.0643. The number of anilines is 1. The molecule has 1 amide bonds. The first kappa shape index (κ1) is 11.8. The van der Waals surface area contributed by atoms with Crippen LogP contribution in [0.2, 0.25) is 0 Å². The summed E-state index contributed by atoms with van der Waals surface area (Å²) in [6.45, 7) is 3.93. The number of nitrogens with one attached hydrogen (secondary N) is 1. The van der Waals surface area contributed by atoms with Crippen LogP contribution in [0.4, 0.5) is 5.95 Å². The van der Waals surface area contributed by atoms with Crippen LogP contribution in [0.3, 0.4) is 0 Å². The predicted molar refractivity (Wildman–Crippen MR) is 64.8 cm³/mol. The van der Waals surface area contributed by atoms with Gasteiger partial charge in [-0.1, -0.05) is 0 Å². The fourth-order valence-electron chi connectivity index (χ4n) is 1.84. The molecule has 0 saturated carbocycles. The van der Waals surface area contributed by atoms with Crippen LogP contribution in [0.25, 0.3) is 0 Å². The summed E-state index contributed by atoms with van der Waals surface area (Å²) in [7, 11) is 1.66. The van der Waals surface area contributed by atoms with Gasteiger partial charge in [0.2, 0.25) is 11.9 Å². The number of amides is 1. The second-order valence-corrected chi connectivity index (χ2v) is 3.99. The first-order valence-electron chi connectivity index (χ1n) is 5.74. The molecule has 0 bridgehead atoms. The Balaban J connectivity index is 1.84. The van der Waals surface area contributed by atoms with Crippen molar-refractivity contribution in [2.75, 3.05) is 44.7 Å². The van der Waals surface area contributed by atoms with Crippen LogP contribution in [0.5, 0.6) is 0 Å². The Morgan fingerprint density at radius 1 is 1.29 bits per heavy atom. The second kappa shape index (κ2) is 5.58. The number of nitrogens with zero attached hydrogens (tertiary/aromatic N) is 4. The molecule has 6 nitrogen and oxygen atoms in total. The summed E-state index contributed by atoms with van der Waals surface area (Å²) in [6.07, 6.45) is 3.50. The van der Waals surface area contributed by atoms with E-state index in [4.69, 9.17) is 0 Å². The van der Waals surface area contributed by atoms with E-state index < -0.39 is 0 Å². The third-order valence-electron chi connectivity index (χ3n) is 2.85. The van der Waals surface area contributed by atoms with Gasteiger partial charge in [0.25, 0.3) is 0 Å². The molecule has 2 heterocycles. The van der Waals surface area contributed by atoms with Crippen LogP contribution in [0.1, 0.15) is 0 Å². The quantitative estimate of drug-likeness (QED) is 0.754. The maximum atomic E-state index is 11.2. The zero-order valence-electron chi connectivity index (χ0n) is 9.96. The maximum Gasteiger partial charge on any atom is 0.233 e. The average Bonchev–Trinajstić information content (AvgIpc) is 2.40. The number of piperazine rings is 1. The first-order valence-corrected chi connectivity index (χ1v) is 5.74. The van der Waals surface area contributed by atoms with E-state index in [0.29, 0.717) is 6.54 Å². The van der Waals surface area contributed by atoms with Gasteiger partial charge in [0.1, 0.15) is 0 Å². The molecule has 1 aromatic rings. The molecule has 1 aliphatic heterocycles. The van der Waals surface area contributed by atoms with E-state index in [1.807, 2.05) is 6.07 Å². The molecule has 0 unspecified atom stereocenters. The lowest BCUT2D eigenvalue weighted by Crippen LogP contribution is -2.49. The monoisotopic (exact) mass is 235 g/mol. The van der Waals surface area contributed by atoms with Crippen molar-refractivity contribution in [2.45, 2.75) is 0 Å². The van der Waals surface area contributed by atoms with Gasteiger partial charge in [-0.05, 0) is 6.07 Å². The lowest BCUT2D eigenvalue weighted by Gasteiger charge is -2.34. The van der Waals surface area contributed by atoms with E-state index in [1.54, 1.807) is 19.4 Å². The van der Waals surface area contributed by atoms with Crippen LogP contribution in [0.15, 0.2) is 18.5 Å². The van der Waals surface area contributed by atoms with Crippen molar-refractivity contribution in [2.24, 2.45) is 0 Å². The number of carbonyl (C=O) groups is 1. The summed E-state index contributed by atoms with van der Waals surface area (Å²) in [5, 5.41) is 2.64. The number of hydrogen-bond acceptors (Lipinski definition) is 5. The molecule has 92 valence electrons. The van der Waals surface area contributed by atoms with Crippen LogP contribution >= 0.6 is 0 Å². The van der Waals surface area contributed by atoms with Gasteiger partial charge in [-0.25, -0.2) is 9.97 Å². The molecule has 17 heavy (non-hydrogen) atoms. The third-order valence-corrected chi connectivity index (χ3v) is 2.85. The van der Waals surface area contributed by atoms with Gasteiger partial charge in [-0.3, -0.25) is 9.69 Å². The normalized spacial score (nSPS) is 16.9. The van der Waals surface area contributed by atoms with Crippen LogP contribution in [-0.2, 0) is 4.79 Å². The van der Waals surface area contributed by atoms with E-state index in [-0.39, 0.29) is 5.91 Å². The number of rotatable bonds is 3. The number of carbonyl (C=O) groups excluding carboxylic acids is 1. The van der Waals surface area contributed by atoms with Gasteiger partial charge < -0.3 is 10.2 Å². The highest BCUT2D eigenvalue weighted by atomic mass is 16.1. The lowest BCUT2D eigenvalue weighted by atomic mass is 10.3. The highest BCUT2D eigenvalue weighted by Crippen LogP contribution is 2.08. The Hall–Kier alpha value is -1.69. The molecule has 1 saturated heterocycles. The molecule has 1 aromatic heterocycles. The molecule has 0 atom stereocenters. The van der Waals surface area contributed by atoms with Crippen LogP contribution in [-0.4, -0.2) is 60.5 Å². The minimum absolute atomic E-state index is 0.0643. The number of hydrogen-bond donors (Lipinski definition) is 1. The number of likely N-dealkylation sites (N-methyl/N-ethyl adjacent to an activating group) is 1. The highest BCUT2D eigenvalue weighted by Gasteiger charge is 2.19. The number of aromatic nitrogens is 2. The highest BCUT2D eigenvalue weighted by molar-refractivity contribution is 5.77. The van der Waals surface area contributed by atoms with Gasteiger partial charge in [0.05, 0.1) is 6.54 Å². The van der Waals surface area contributed by atoms with Gasteiger partial charge >= 0.3 is 0 Å². The molecule has 1 N–H and O–H groups in total. The Morgan fingerprint density at radius 3 is 2.53 bits per heavy atom. The van der Waals surface area contributed by atoms with Crippen molar-refractivity contribution in [3.05, 3.63) is 18.5 Å². The molecular weight excluding hydrogens is 218 g/mol. The summed E-state index contributed by atoms with van der Waals surface area (Å²) in [5.74, 6) is 0.835. The zero-order chi connectivity index (χ0) is 12.1. The topological polar surface area (TPSA) is 61.4 Å². The standard InChI is InChI=1S/C11H17N5O/c1-12-10(17)9-15-5-7-16(8-6-15)11-13-3-2-4-14-11/h2-4H,5-9H2,1H3,(H,12,17). The van der Waals surface area contributed by atoms with E-state index in [0.717, 1.165) is 32.1 Å². The molecule has 1 fully saturated rings. The second-order valence-electron chi connectivity index (χ2n) is 3.99. The van der Waals surface area contributed by atoms with Crippen molar-refractivity contribution in [1.82, 2.24) is 20.2 Å². The molecule has 6 heteroatoms. The van der Waals surface area contributed by atoms with E-state index in [9.17, 15) is 4.79 Å². The van der Waals surface area contributed by atoms with Crippen molar-refractivity contribution in [3.63, 3.8) is 0 Å². The smallest absolute Gasteiger partial charge is 0.233 e. The third kappa shape index (κ3) is 3.13. The van der Waals surface area contributed by atoms with Crippen molar-refractivity contribution in [3.8, 4) is 0 Å². The largest absolute Gasteiger partial charge is 0.358 e. The Kier molecular flexibility index (Phi) is 3.87. The summed E-state index contributed by atoms with van der Waals surface area (Å²) in [5.41, 5.74) is 0. The fraction of sp³-hybridized carbons (Fsp3) is 0.545.